The number of amides is 1. The number of para-hydroxylation sites is 3. The van der Waals surface area contributed by atoms with Crippen LogP contribution in [0.15, 0.2) is 54.6 Å². The molecule has 2 aromatic carbocycles. The van der Waals surface area contributed by atoms with Gasteiger partial charge in [-0.05, 0) is 50.2 Å². The quantitative estimate of drug-likeness (QED) is 0.597. The molecule has 0 bridgehead atoms. The van der Waals surface area contributed by atoms with Gasteiger partial charge in [0.2, 0.25) is 5.91 Å². The first-order valence-corrected chi connectivity index (χ1v) is 9.79. The van der Waals surface area contributed by atoms with Crippen LogP contribution in [-0.4, -0.2) is 47.0 Å². The van der Waals surface area contributed by atoms with Crippen LogP contribution in [0.2, 0.25) is 0 Å². The molecule has 1 aliphatic rings. The number of carbonyl (C=O) groups excluding carboxylic acids is 1. The number of carbonyl (C=O) groups is 1. The zero-order valence-corrected chi connectivity index (χ0v) is 18.6. The maximum Gasteiger partial charge on any atom is 0.242 e. The molecule has 1 amide bonds. The number of nitrogens with one attached hydrogen (secondary N) is 1. The number of benzene rings is 2. The van der Waals surface area contributed by atoms with E-state index in [9.17, 15) is 4.79 Å². The Morgan fingerprint density at radius 3 is 2.63 bits per heavy atom. The molecule has 0 saturated carbocycles. The topological polar surface area (TPSA) is 59.4 Å². The second-order valence-electron chi connectivity index (χ2n) is 7.26. The Morgan fingerprint density at radius 2 is 1.87 bits per heavy atom. The molecule has 30 heavy (non-hydrogen) atoms. The number of likely N-dealkylation sites (tertiary alicyclic amines) is 1. The molecule has 8 heteroatoms. The molecule has 1 atom stereocenters. The predicted octanol–water partition coefficient (Wildman–Crippen LogP) is 3.53. The molecule has 0 radical (unpaired) electrons. The smallest absolute Gasteiger partial charge is 0.242 e. The van der Waals surface area contributed by atoms with Gasteiger partial charge in [0.15, 0.2) is 0 Å². The zero-order chi connectivity index (χ0) is 19.3. The van der Waals surface area contributed by atoms with E-state index in [4.69, 9.17) is 9.72 Å². The second-order valence-corrected chi connectivity index (χ2v) is 7.26. The summed E-state index contributed by atoms with van der Waals surface area (Å²) in [7, 11) is 1.96. The van der Waals surface area contributed by atoms with E-state index in [1.807, 2.05) is 71.1 Å². The van der Waals surface area contributed by atoms with Gasteiger partial charge in [-0.25, -0.2) is 4.98 Å². The number of hydrogen-bond acceptors (Lipinski definition) is 4. The van der Waals surface area contributed by atoms with Crippen molar-refractivity contribution >= 4 is 41.8 Å². The fourth-order valence-corrected chi connectivity index (χ4v) is 3.83. The second kappa shape index (κ2) is 11.2. The normalized spacial score (nSPS) is 15.5. The Balaban J connectivity index is 0.00000160. The first kappa shape index (κ1) is 24.0. The maximum atomic E-state index is 12.9. The van der Waals surface area contributed by atoms with Crippen LogP contribution in [0.3, 0.4) is 0 Å². The predicted molar refractivity (Wildman–Crippen MR) is 124 cm³/mol. The van der Waals surface area contributed by atoms with Crippen LogP contribution in [0, 0.1) is 5.92 Å². The Labute approximate surface area is 189 Å². The molecule has 1 saturated heterocycles. The van der Waals surface area contributed by atoms with E-state index in [0.29, 0.717) is 19.1 Å². The van der Waals surface area contributed by atoms with Crippen LogP contribution in [-0.2, 0) is 17.9 Å². The fraction of sp³-hybridized carbons (Fsp3) is 0.364. The van der Waals surface area contributed by atoms with E-state index in [0.717, 1.165) is 48.7 Å². The number of imidazole rings is 1. The average Bonchev–Trinajstić information content (AvgIpc) is 3.33. The molecule has 1 aliphatic heterocycles. The number of ether oxygens (including phenoxy) is 1. The van der Waals surface area contributed by atoms with Crippen LogP contribution in [0.5, 0.6) is 5.75 Å². The molecule has 2 heterocycles. The van der Waals surface area contributed by atoms with E-state index >= 15 is 0 Å². The van der Waals surface area contributed by atoms with Gasteiger partial charge >= 0.3 is 0 Å². The summed E-state index contributed by atoms with van der Waals surface area (Å²) in [6, 6.07) is 17.6. The van der Waals surface area contributed by atoms with Crippen molar-refractivity contribution in [1.82, 2.24) is 19.8 Å². The third-order valence-corrected chi connectivity index (χ3v) is 5.27. The van der Waals surface area contributed by atoms with E-state index < -0.39 is 0 Å². The summed E-state index contributed by atoms with van der Waals surface area (Å²) in [5.41, 5.74) is 1.85. The zero-order valence-electron chi connectivity index (χ0n) is 17.0. The van der Waals surface area contributed by atoms with E-state index in [1.54, 1.807) is 0 Å². The Morgan fingerprint density at radius 1 is 1.13 bits per heavy atom. The van der Waals surface area contributed by atoms with Crippen LogP contribution in [0.25, 0.3) is 11.0 Å². The van der Waals surface area contributed by atoms with Gasteiger partial charge < -0.3 is 19.5 Å². The van der Waals surface area contributed by atoms with Crippen molar-refractivity contribution in [3.8, 4) is 5.75 Å². The molecular formula is C22H28Cl2N4O2. The summed E-state index contributed by atoms with van der Waals surface area (Å²) in [6.45, 7) is 3.22. The first-order valence-electron chi connectivity index (χ1n) is 9.79. The van der Waals surface area contributed by atoms with Gasteiger partial charge in [0.05, 0.1) is 11.0 Å². The number of halogens is 2. The molecule has 3 aromatic rings. The highest BCUT2D eigenvalue weighted by atomic mass is 35.5. The third kappa shape index (κ3) is 5.45. The molecule has 1 aromatic heterocycles. The molecule has 1 fully saturated rings. The summed E-state index contributed by atoms with van der Waals surface area (Å²) in [6.07, 6.45) is 1.06. The number of nitrogens with zero attached hydrogens (tertiary/aromatic N) is 3. The van der Waals surface area contributed by atoms with Gasteiger partial charge in [-0.2, -0.15) is 0 Å². The highest BCUT2D eigenvalue weighted by molar-refractivity contribution is 5.85. The minimum Gasteiger partial charge on any atom is -0.486 e. The van der Waals surface area contributed by atoms with Crippen molar-refractivity contribution in [2.24, 2.45) is 5.92 Å². The third-order valence-electron chi connectivity index (χ3n) is 5.27. The standard InChI is InChI=1S/C22H26N4O2.2ClH/c1-23-13-17-11-12-25(14-17)22(27)15-26-20-10-6-5-9-19(20)24-21(26)16-28-18-7-3-2-4-8-18;;/h2-10,17,23H,11-16H2,1H3;2*1H. The average molecular weight is 451 g/mol. The van der Waals surface area contributed by atoms with Crippen molar-refractivity contribution in [2.45, 2.75) is 19.6 Å². The van der Waals surface area contributed by atoms with Crippen LogP contribution < -0.4 is 10.1 Å². The highest BCUT2D eigenvalue weighted by Gasteiger charge is 2.26. The van der Waals surface area contributed by atoms with Gasteiger partial charge in [0.25, 0.3) is 0 Å². The van der Waals surface area contributed by atoms with Gasteiger partial charge in [-0.3, -0.25) is 4.79 Å². The lowest BCUT2D eigenvalue weighted by Gasteiger charge is -2.18. The lowest BCUT2D eigenvalue weighted by Crippen LogP contribution is -2.33. The summed E-state index contributed by atoms with van der Waals surface area (Å²) >= 11 is 0. The monoisotopic (exact) mass is 450 g/mol. The first-order chi connectivity index (χ1) is 13.7. The Kier molecular flexibility index (Phi) is 8.96. The molecule has 162 valence electrons. The van der Waals surface area contributed by atoms with Crippen molar-refractivity contribution < 1.29 is 9.53 Å². The molecule has 6 nitrogen and oxygen atoms in total. The van der Waals surface area contributed by atoms with Crippen molar-refractivity contribution in [3.05, 3.63) is 60.4 Å². The molecule has 1 N–H and O–H groups in total. The summed E-state index contributed by atoms with van der Waals surface area (Å²) < 4.78 is 7.89. The van der Waals surface area contributed by atoms with Crippen molar-refractivity contribution in [1.29, 1.82) is 0 Å². The minimum absolute atomic E-state index is 0. The van der Waals surface area contributed by atoms with Gasteiger partial charge in [-0.15, -0.1) is 24.8 Å². The lowest BCUT2D eigenvalue weighted by molar-refractivity contribution is -0.130. The largest absolute Gasteiger partial charge is 0.486 e. The van der Waals surface area contributed by atoms with E-state index in [-0.39, 0.29) is 30.7 Å². The van der Waals surface area contributed by atoms with Crippen molar-refractivity contribution in [2.75, 3.05) is 26.7 Å². The van der Waals surface area contributed by atoms with Crippen LogP contribution in [0.1, 0.15) is 12.2 Å². The van der Waals surface area contributed by atoms with E-state index in [2.05, 4.69) is 5.32 Å². The molecule has 0 aliphatic carbocycles. The van der Waals surface area contributed by atoms with Crippen molar-refractivity contribution in [3.63, 3.8) is 0 Å². The Bertz CT molecular complexity index is 949. The molecule has 0 spiro atoms. The summed E-state index contributed by atoms with van der Waals surface area (Å²) in [5.74, 6) is 2.24. The number of hydrogen-bond donors (Lipinski definition) is 1. The van der Waals surface area contributed by atoms with Gasteiger partial charge in [0, 0.05) is 13.1 Å². The van der Waals surface area contributed by atoms with E-state index in [1.165, 1.54) is 0 Å². The molecular weight excluding hydrogens is 423 g/mol. The van der Waals surface area contributed by atoms with Gasteiger partial charge in [0.1, 0.15) is 24.7 Å². The minimum atomic E-state index is 0. The Hall–Kier alpha value is -2.28. The SMILES string of the molecule is CNCC1CCN(C(=O)Cn2c(COc3ccccc3)nc3ccccc32)C1.Cl.Cl. The fourth-order valence-electron chi connectivity index (χ4n) is 3.83. The maximum absolute atomic E-state index is 12.9. The molecule has 1 unspecified atom stereocenters. The highest BCUT2D eigenvalue weighted by Crippen LogP contribution is 2.20. The number of aromatic nitrogens is 2. The number of rotatable bonds is 7. The lowest BCUT2D eigenvalue weighted by atomic mass is 10.1. The molecule has 4 rings (SSSR count). The number of fused-ring (bicyclic) bond motifs is 1. The van der Waals surface area contributed by atoms with Crippen LogP contribution in [0.4, 0.5) is 0 Å². The summed E-state index contributed by atoms with van der Waals surface area (Å²) in [5, 5.41) is 3.21. The van der Waals surface area contributed by atoms with Crippen LogP contribution >= 0.6 is 24.8 Å². The van der Waals surface area contributed by atoms with Gasteiger partial charge in [-0.1, -0.05) is 30.3 Å². The summed E-state index contributed by atoms with van der Waals surface area (Å²) in [4.78, 5) is 19.6.